The summed E-state index contributed by atoms with van der Waals surface area (Å²) in [7, 11) is 0. The first-order chi connectivity index (χ1) is 12.3. The maximum atomic E-state index is 11.9. The zero-order valence-electron chi connectivity index (χ0n) is 14.3. The van der Waals surface area contributed by atoms with Gasteiger partial charge in [0.1, 0.15) is 0 Å². The fraction of sp³-hybridized carbons (Fsp3) is 0.300. The van der Waals surface area contributed by atoms with Gasteiger partial charge >= 0.3 is 0 Å². The van der Waals surface area contributed by atoms with Crippen molar-refractivity contribution in [3.63, 3.8) is 0 Å². The number of benzene rings is 2. The molecule has 0 atom stereocenters. The van der Waals surface area contributed by atoms with Crippen molar-refractivity contribution in [3.8, 4) is 0 Å². The molecular weight excluding hydrogens is 312 g/mol. The number of hydrogen-bond acceptors (Lipinski definition) is 4. The Labute approximate surface area is 148 Å². The molecule has 1 amide bonds. The molecule has 0 aliphatic carbocycles. The van der Waals surface area contributed by atoms with Gasteiger partial charge < -0.3 is 4.90 Å². The summed E-state index contributed by atoms with van der Waals surface area (Å²) >= 11 is 0. The Kier molecular flexibility index (Phi) is 6.17. The van der Waals surface area contributed by atoms with Gasteiger partial charge in [-0.25, -0.2) is 5.43 Å². The largest absolute Gasteiger partial charge is 0.369 e. The third-order valence-corrected chi connectivity index (χ3v) is 4.35. The third kappa shape index (κ3) is 5.43. The predicted molar refractivity (Wildman–Crippen MR) is 102 cm³/mol. The van der Waals surface area contributed by atoms with Crippen molar-refractivity contribution in [1.82, 2.24) is 10.3 Å². The average molecular weight is 336 g/mol. The quantitative estimate of drug-likeness (QED) is 0.651. The summed E-state index contributed by atoms with van der Waals surface area (Å²) in [6.45, 7) is 4.73. The van der Waals surface area contributed by atoms with Crippen LogP contribution < -0.4 is 10.3 Å². The second-order valence-corrected chi connectivity index (χ2v) is 6.12. The SMILES string of the molecule is O=C(CCN1CCN(c2ccccc2)CC1)NN=Cc1ccccc1. The number of para-hydroxylation sites is 1. The van der Waals surface area contributed by atoms with Gasteiger partial charge in [0.2, 0.25) is 5.91 Å². The summed E-state index contributed by atoms with van der Waals surface area (Å²) in [5, 5.41) is 4.01. The molecule has 1 aliphatic rings. The van der Waals surface area contributed by atoms with Crippen molar-refractivity contribution in [3.05, 3.63) is 66.2 Å². The first-order valence-electron chi connectivity index (χ1n) is 8.70. The van der Waals surface area contributed by atoms with E-state index in [-0.39, 0.29) is 5.91 Å². The van der Waals surface area contributed by atoms with Crippen LogP contribution >= 0.6 is 0 Å². The second kappa shape index (κ2) is 8.99. The van der Waals surface area contributed by atoms with Gasteiger partial charge in [-0.3, -0.25) is 9.69 Å². The molecule has 0 spiro atoms. The molecule has 0 unspecified atom stereocenters. The molecule has 0 radical (unpaired) electrons. The zero-order valence-corrected chi connectivity index (χ0v) is 14.3. The van der Waals surface area contributed by atoms with Crippen LogP contribution in [0.2, 0.25) is 0 Å². The number of hydrazone groups is 1. The molecule has 2 aromatic carbocycles. The lowest BCUT2D eigenvalue weighted by atomic mass is 10.2. The van der Waals surface area contributed by atoms with E-state index in [0.29, 0.717) is 6.42 Å². The molecule has 0 aromatic heterocycles. The fourth-order valence-electron chi connectivity index (χ4n) is 2.90. The topological polar surface area (TPSA) is 47.9 Å². The number of anilines is 1. The first kappa shape index (κ1) is 17.2. The van der Waals surface area contributed by atoms with E-state index in [2.05, 4.69) is 44.6 Å². The fourth-order valence-corrected chi connectivity index (χ4v) is 2.90. The van der Waals surface area contributed by atoms with Gasteiger partial charge in [0.25, 0.3) is 0 Å². The highest BCUT2D eigenvalue weighted by molar-refractivity contribution is 5.82. The number of nitrogens with one attached hydrogen (secondary N) is 1. The van der Waals surface area contributed by atoms with E-state index in [0.717, 1.165) is 38.3 Å². The summed E-state index contributed by atoms with van der Waals surface area (Å²) in [6, 6.07) is 20.2. The maximum absolute atomic E-state index is 11.9. The van der Waals surface area contributed by atoms with E-state index in [1.807, 2.05) is 36.4 Å². The van der Waals surface area contributed by atoms with Crippen molar-refractivity contribution in [2.75, 3.05) is 37.6 Å². The molecular formula is C20H24N4O. The van der Waals surface area contributed by atoms with Crippen molar-refractivity contribution in [1.29, 1.82) is 0 Å². The van der Waals surface area contributed by atoms with E-state index in [4.69, 9.17) is 0 Å². The number of carbonyl (C=O) groups excluding carboxylic acids is 1. The summed E-state index contributed by atoms with van der Waals surface area (Å²) < 4.78 is 0. The van der Waals surface area contributed by atoms with Crippen LogP contribution in [0.4, 0.5) is 5.69 Å². The summed E-state index contributed by atoms with van der Waals surface area (Å²) in [6.07, 6.45) is 2.13. The van der Waals surface area contributed by atoms with E-state index >= 15 is 0 Å². The molecule has 0 bridgehead atoms. The number of hydrogen-bond donors (Lipinski definition) is 1. The van der Waals surface area contributed by atoms with Crippen LogP contribution in [0.3, 0.4) is 0 Å². The molecule has 1 aliphatic heterocycles. The Hall–Kier alpha value is -2.66. The Balaban J connectivity index is 1.35. The lowest BCUT2D eigenvalue weighted by Crippen LogP contribution is -2.47. The highest BCUT2D eigenvalue weighted by Gasteiger charge is 2.17. The number of amides is 1. The molecule has 25 heavy (non-hydrogen) atoms. The Morgan fingerprint density at radius 3 is 2.28 bits per heavy atom. The highest BCUT2D eigenvalue weighted by atomic mass is 16.2. The maximum Gasteiger partial charge on any atom is 0.241 e. The molecule has 1 N–H and O–H groups in total. The van der Waals surface area contributed by atoms with Crippen molar-refractivity contribution < 1.29 is 4.79 Å². The minimum atomic E-state index is -0.0438. The standard InChI is InChI=1S/C20H24N4O/c25-20(22-21-17-18-7-3-1-4-8-18)11-12-23-13-15-24(16-14-23)19-9-5-2-6-10-19/h1-10,17H,11-16H2,(H,22,25). The lowest BCUT2D eigenvalue weighted by Gasteiger charge is -2.36. The number of carbonyl (C=O) groups is 1. The van der Waals surface area contributed by atoms with Crippen LogP contribution in [0.1, 0.15) is 12.0 Å². The van der Waals surface area contributed by atoms with Crippen LogP contribution in [0.15, 0.2) is 65.8 Å². The Bertz CT molecular complexity index is 679. The lowest BCUT2D eigenvalue weighted by molar-refractivity contribution is -0.121. The Morgan fingerprint density at radius 2 is 1.60 bits per heavy atom. The molecule has 3 rings (SSSR count). The monoisotopic (exact) mass is 336 g/mol. The average Bonchev–Trinajstić information content (AvgIpc) is 2.68. The number of piperazine rings is 1. The molecule has 5 heteroatoms. The third-order valence-electron chi connectivity index (χ3n) is 4.35. The molecule has 1 fully saturated rings. The molecule has 1 heterocycles. The van der Waals surface area contributed by atoms with Gasteiger partial charge in [-0.2, -0.15) is 5.10 Å². The number of nitrogens with zero attached hydrogens (tertiary/aromatic N) is 3. The smallest absolute Gasteiger partial charge is 0.241 e. The van der Waals surface area contributed by atoms with E-state index in [9.17, 15) is 4.79 Å². The van der Waals surface area contributed by atoms with Crippen LogP contribution in [0.25, 0.3) is 0 Å². The van der Waals surface area contributed by atoms with Gasteiger partial charge in [0.15, 0.2) is 0 Å². The van der Waals surface area contributed by atoms with Crippen molar-refractivity contribution in [2.24, 2.45) is 5.10 Å². The predicted octanol–water partition coefficient (Wildman–Crippen LogP) is 2.35. The molecule has 130 valence electrons. The van der Waals surface area contributed by atoms with Crippen molar-refractivity contribution in [2.45, 2.75) is 6.42 Å². The molecule has 2 aromatic rings. The van der Waals surface area contributed by atoms with Crippen LogP contribution in [-0.2, 0) is 4.79 Å². The van der Waals surface area contributed by atoms with Gasteiger partial charge in [-0.1, -0.05) is 48.5 Å². The van der Waals surface area contributed by atoms with Gasteiger partial charge in [0.05, 0.1) is 6.21 Å². The summed E-state index contributed by atoms with van der Waals surface area (Å²) in [5.74, 6) is -0.0438. The minimum Gasteiger partial charge on any atom is -0.369 e. The van der Waals surface area contributed by atoms with Gasteiger partial charge in [0, 0.05) is 44.8 Å². The van der Waals surface area contributed by atoms with E-state index in [1.165, 1.54) is 5.69 Å². The van der Waals surface area contributed by atoms with Crippen LogP contribution in [0.5, 0.6) is 0 Å². The molecule has 0 saturated carbocycles. The van der Waals surface area contributed by atoms with E-state index in [1.54, 1.807) is 6.21 Å². The highest BCUT2D eigenvalue weighted by Crippen LogP contribution is 2.15. The normalized spacial score (nSPS) is 15.4. The molecule has 5 nitrogen and oxygen atoms in total. The summed E-state index contributed by atoms with van der Waals surface area (Å²) in [4.78, 5) is 16.6. The zero-order chi connectivity index (χ0) is 17.3. The van der Waals surface area contributed by atoms with Crippen molar-refractivity contribution >= 4 is 17.8 Å². The van der Waals surface area contributed by atoms with Crippen LogP contribution in [-0.4, -0.2) is 49.7 Å². The minimum absolute atomic E-state index is 0.0438. The summed E-state index contributed by atoms with van der Waals surface area (Å²) in [5.41, 5.74) is 4.84. The van der Waals surface area contributed by atoms with Crippen LogP contribution in [0, 0.1) is 0 Å². The number of rotatable bonds is 6. The first-order valence-corrected chi connectivity index (χ1v) is 8.70. The molecule has 1 saturated heterocycles. The Morgan fingerprint density at radius 1 is 0.960 bits per heavy atom. The van der Waals surface area contributed by atoms with Gasteiger partial charge in [-0.15, -0.1) is 0 Å². The van der Waals surface area contributed by atoms with Gasteiger partial charge in [-0.05, 0) is 17.7 Å². The second-order valence-electron chi connectivity index (χ2n) is 6.12. The van der Waals surface area contributed by atoms with E-state index < -0.39 is 0 Å².